The van der Waals surface area contributed by atoms with E-state index in [4.69, 9.17) is 18.1 Å². The van der Waals surface area contributed by atoms with E-state index in [-0.39, 0.29) is 42.8 Å². The Morgan fingerprint density at radius 2 is 1.74 bits per heavy atom. The van der Waals surface area contributed by atoms with Gasteiger partial charge in [-0.2, -0.15) is 0 Å². The van der Waals surface area contributed by atoms with Crippen molar-refractivity contribution in [3.8, 4) is 22.5 Å². The number of aryl methyl sites for hydroxylation is 3. The summed E-state index contributed by atoms with van der Waals surface area (Å²) in [6.45, 7) is 3.37. The third kappa shape index (κ3) is 7.01. The number of aromatic nitrogens is 3. The van der Waals surface area contributed by atoms with Crippen LogP contribution in [-0.2, 0) is 20.1 Å². The minimum absolute atomic E-state index is 0. The molecule has 0 aliphatic rings. The molecular formula is C36H36FIrN3OSi-2. The molecule has 43 heavy (non-hydrogen) atoms. The smallest absolute Gasteiger partial charge is 0.216 e. The Bertz CT molecular complexity index is 2260. The molecule has 4 heterocycles. The first-order valence-corrected chi connectivity index (χ1v) is 16.8. The Morgan fingerprint density at radius 3 is 2.42 bits per heavy atom. The zero-order valence-electron chi connectivity index (χ0n) is 34.3. The molecule has 7 heteroatoms. The monoisotopic (exact) mass is 776 g/mol. The number of benzene rings is 2. The third-order valence-corrected chi connectivity index (χ3v) is 8.76. The summed E-state index contributed by atoms with van der Waals surface area (Å²) in [6, 6.07) is 20.2. The summed E-state index contributed by atoms with van der Waals surface area (Å²) >= 11 is 0. The quantitative estimate of drug-likeness (QED) is 0.133. The number of hydrogen-bond acceptors (Lipinski definition) is 4. The Morgan fingerprint density at radius 1 is 0.930 bits per heavy atom. The van der Waals surface area contributed by atoms with E-state index in [1.165, 1.54) is 17.3 Å². The third-order valence-electron chi connectivity index (χ3n) is 6.75. The van der Waals surface area contributed by atoms with Gasteiger partial charge < -0.3 is 14.4 Å². The van der Waals surface area contributed by atoms with Gasteiger partial charge >= 0.3 is 0 Å². The summed E-state index contributed by atoms with van der Waals surface area (Å²) in [6.07, 6.45) is 2.73. The van der Waals surface area contributed by atoms with E-state index in [0.717, 1.165) is 29.1 Å². The maximum absolute atomic E-state index is 13.9. The number of rotatable bonds is 4. The van der Waals surface area contributed by atoms with E-state index in [0.29, 0.717) is 21.9 Å². The molecule has 4 aromatic heterocycles. The molecule has 6 rings (SSSR count). The van der Waals surface area contributed by atoms with Crippen LogP contribution in [0.5, 0.6) is 0 Å². The van der Waals surface area contributed by atoms with Gasteiger partial charge in [0.25, 0.3) is 0 Å². The average Bonchev–Trinajstić information content (AvgIpc) is 3.41. The van der Waals surface area contributed by atoms with Crippen molar-refractivity contribution < 1.29 is 42.6 Å². The zero-order valence-corrected chi connectivity index (χ0v) is 27.7. The summed E-state index contributed by atoms with van der Waals surface area (Å²) < 4.78 is 95.3. The molecule has 0 saturated carbocycles. The summed E-state index contributed by atoms with van der Waals surface area (Å²) in [7, 11) is -1.61. The minimum Gasteiger partial charge on any atom is -0.486 e. The van der Waals surface area contributed by atoms with Crippen molar-refractivity contribution in [1.29, 1.82) is 0 Å². The normalized spacial score (nSPS) is 16.0. The topological polar surface area (TPSA) is 51.8 Å². The van der Waals surface area contributed by atoms with Crippen molar-refractivity contribution in [2.75, 3.05) is 0 Å². The van der Waals surface area contributed by atoms with Crippen LogP contribution in [0.4, 0.5) is 4.39 Å². The molecule has 0 unspecified atom stereocenters. The van der Waals surface area contributed by atoms with Crippen molar-refractivity contribution in [2.45, 2.75) is 59.9 Å². The molecule has 6 aromatic rings. The molecule has 0 aliphatic heterocycles. The van der Waals surface area contributed by atoms with E-state index in [1.807, 2.05) is 26.1 Å². The van der Waals surface area contributed by atoms with Crippen molar-refractivity contribution in [3.63, 3.8) is 0 Å². The fourth-order valence-corrected chi connectivity index (χ4v) is 6.17. The van der Waals surface area contributed by atoms with Crippen LogP contribution in [0.15, 0.2) is 71.4 Å². The Balaban J connectivity index is 0.000000235. The summed E-state index contributed by atoms with van der Waals surface area (Å²) in [4.78, 5) is 12.6. The van der Waals surface area contributed by atoms with Gasteiger partial charge in [-0.1, -0.05) is 69.0 Å². The predicted octanol–water partition coefficient (Wildman–Crippen LogP) is 9.12. The van der Waals surface area contributed by atoms with Crippen LogP contribution in [0, 0.1) is 38.5 Å². The molecule has 223 valence electrons. The maximum atomic E-state index is 13.9. The van der Waals surface area contributed by atoms with Crippen molar-refractivity contribution in [1.82, 2.24) is 15.0 Å². The Kier molecular flexibility index (Phi) is 6.42. The second-order valence-electron chi connectivity index (χ2n) is 11.2. The standard InChI is InChI=1S/C18H12FN2O.C18H24NSi.Ir/c1-10-8-16(20-9-15(10)19)14-5-3-4-12-13-7-6-11(2)21-18(13)22-17(12)14;1-13(2)16-11-17(15-9-7-14(3)8-10-15)19-12-18(16)20(4,5)6;/h3-4,6-9H,1-2H3;7-9,11-13H,1-6H3;/q2*-1;/i1D3,2D3;3D3,13D;. The van der Waals surface area contributed by atoms with Gasteiger partial charge in [0.1, 0.15) is 5.82 Å². The van der Waals surface area contributed by atoms with Gasteiger partial charge in [-0.25, -0.2) is 9.37 Å². The van der Waals surface area contributed by atoms with Crippen LogP contribution in [0.2, 0.25) is 19.6 Å². The molecule has 1 radical (unpaired) electrons. The molecule has 0 saturated heterocycles. The zero-order chi connectivity index (χ0) is 38.6. The van der Waals surface area contributed by atoms with Crippen molar-refractivity contribution >= 4 is 35.3 Å². The first-order valence-electron chi connectivity index (χ1n) is 18.3. The second-order valence-corrected chi connectivity index (χ2v) is 16.2. The fourth-order valence-electron chi connectivity index (χ4n) is 4.59. The molecule has 0 bridgehead atoms. The summed E-state index contributed by atoms with van der Waals surface area (Å²) in [5, 5.41) is 2.41. The van der Waals surface area contributed by atoms with E-state index >= 15 is 0 Å². The summed E-state index contributed by atoms with van der Waals surface area (Å²) in [5.74, 6) is -1.64. The SMILES string of the molecule is [2H]C([2H])([2H])c1c[c-]c(-c2cc(C([2H])(C)C)c([Si](C)(C)C)cn2)cc1.[2H]C([2H])([2H])c1ccc2c(n1)oc1c(-c3cc(C([2H])([2H])[2H])c(F)cn3)[c-]ccc12.[Ir]. The van der Waals surface area contributed by atoms with E-state index in [9.17, 15) is 4.39 Å². The molecular weight excluding hydrogens is 730 g/mol. The molecule has 2 aromatic carbocycles. The van der Waals surface area contributed by atoms with Gasteiger partial charge in [-0.05, 0) is 53.9 Å². The van der Waals surface area contributed by atoms with Crippen LogP contribution in [-0.4, -0.2) is 23.0 Å². The van der Waals surface area contributed by atoms with Crippen LogP contribution < -0.4 is 5.19 Å². The first kappa shape index (κ1) is 21.2. The number of pyridine rings is 3. The molecule has 4 nitrogen and oxygen atoms in total. The summed E-state index contributed by atoms with van der Waals surface area (Å²) in [5.41, 5.74) is 3.11. The minimum atomic E-state index is -2.64. The fraction of sp³-hybridized carbons (Fsp3) is 0.250. The number of nitrogens with zero attached hydrogens (tertiary/aromatic N) is 3. The molecule has 0 aliphatic carbocycles. The van der Waals surface area contributed by atoms with Crippen LogP contribution in [0.25, 0.3) is 44.6 Å². The predicted molar refractivity (Wildman–Crippen MR) is 173 cm³/mol. The molecule has 0 N–H and O–H groups in total. The van der Waals surface area contributed by atoms with Gasteiger partial charge in [0, 0.05) is 51.1 Å². The van der Waals surface area contributed by atoms with Crippen molar-refractivity contribution in [3.05, 3.63) is 107 Å². The van der Waals surface area contributed by atoms with E-state index in [1.54, 1.807) is 30.3 Å². The Labute approximate surface area is 282 Å². The number of halogens is 1. The van der Waals surface area contributed by atoms with E-state index in [2.05, 4.69) is 46.7 Å². The van der Waals surface area contributed by atoms with Gasteiger partial charge in [-0.15, -0.1) is 53.6 Å². The average molecular weight is 776 g/mol. The molecule has 0 spiro atoms. The largest absolute Gasteiger partial charge is 0.486 e. The van der Waals surface area contributed by atoms with Gasteiger partial charge in [0.2, 0.25) is 5.71 Å². The number of fused-ring (bicyclic) bond motifs is 3. The van der Waals surface area contributed by atoms with Crippen LogP contribution >= 0.6 is 0 Å². The molecule has 0 atom stereocenters. The molecule has 0 fully saturated rings. The van der Waals surface area contributed by atoms with Gasteiger partial charge in [-0.3, -0.25) is 0 Å². The first-order chi connectivity index (χ1) is 23.9. The molecule has 0 amide bonds. The number of furan rings is 1. The van der Waals surface area contributed by atoms with Crippen molar-refractivity contribution in [2.24, 2.45) is 0 Å². The Hall–Kier alpha value is -3.51. The van der Waals surface area contributed by atoms with Gasteiger partial charge in [0.05, 0.1) is 19.9 Å². The number of hydrogen-bond donors (Lipinski definition) is 0. The second kappa shape index (κ2) is 13.0. The van der Waals surface area contributed by atoms with Gasteiger partial charge in [0.15, 0.2) is 0 Å². The van der Waals surface area contributed by atoms with Crippen LogP contribution in [0.3, 0.4) is 0 Å². The van der Waals surface area contributed by atoms with Crippen LogP contribution in [0.1, 0.15) is 55.8 Å². The van der Waals surface area contributed by atoms with E-state index < -0.39 is 45.9 Å². The maximum Gasteiger partial charge on any atom is 0.216 e.